The maximum atomic E-state index is 14.5. The van der Waals surface area contributed by atoms with Crippen molar-refractivity contribution in [3.8, 4) is 0 Å². The van der Waals surface area contributed by atoms with E-state index in [0.29, 0.717) is 48.7 Å². The highest BCUT2D eigenvalue weighted by atomic mass is 19.1. The molecule has 2 aromatic rings. The van der Waals surface area contributed by atoms with E-state index in [1.54, 1.807) is 36.4 Å². The molecule has 0 radical (unpaired) electrons. The molecule has 126 valence electrons. The summed E-state index contributed by atoms with van der Waals surface area (Å²) >= 11 is 0. The zero-order valence-electron chi connectivity index (χ0n) is 13.5. The molecule has 0 amide bonds. The minimum Gasteiger partial charge on any atom is -0.378 e. The van der Waals surface area contributed by atoms with Gasteiger partial charge in [0.25, 0.3) is 0 Å². The van der Waals surface area contributed by atoms with Gasteiger partial charge in [0.15, 0.2) is 11.6 Å². The third kappa shape index (κ3) is 2.76. The van der Waals surface area contributed by atoms with Gasteiger partial charge in [-0.3, -0.25) is 9.59 Å². The van der Waals surface area contributed by atoms with Gasteiger partial charge in [-0.05, 0) is 23.8 Å². The molecule has 1 aliphatic heterocycles. The van der Waals surface area contributed by atoms with Crippen LogP contribution in [0, 0.1) is 5.82 Å². The number of rotatable bonds is 2. The van der Waals surface area contributed by atoms with Crippen LogP contribution in [0.15, 0.2) is 48.0 Å². The van der Waals surface area contributed by atoms with E-state index in [1.165, 1.54) is 12.1 Å². The third-order valence-corrected chi connectivity index (χ3v) is 4.54. The van der Waals surface area contributed by atoms with Crippen LogP contribution in [-0.2, 0) is 4.74 Å². The molecule has 0 unspecified atom stereocenters. The molecule has 0 saturated carbocycles. The minimum atomic E-state index is -0.369. The Balaban J connectivity index is 1.65. The molecule has 5 heteroatoms. The lowest BCUT2D eigenvalue weighted by atomic mass is 10.1. The topological polar surface area (TPSA) is 46.6 Å². The van der Waals surface area contributed by atoms with Crippen LogP contribution in [-0.4, -0.2) is 37.9 Å². The van der Waals surface area contributed by atoms with Gasteiger partial charge in [-0.15, -0.1) is 0 Å². The number of nitrogens with zero attached hydrogens (tertiary/aromatic N) is 1. The van der Waals surface area contributed by atoms with Crippen molar-refractivity contribution < 1.29 is 18.7 Å². The summed E-state index contributed by atoms with van der Waals surface area (Å²) in [5.74, 6) is -0.983. The number of halogens is 1. The van der Waals surface area contributed by atoms with Crippen LogP contribution in [0.4, 0.5) is 10.1 Å². The summed E-state index contributed by atoms with van der Waals surface area (Å²) in [5.41, 5.74) is 1.91. The highest BCUT2D eigenvalue weighted by Gasteiger charge is 2.32. The number of carbonyl (C=O) groups excluding carboxylic acids is 2. The molecular formula is C20H16FNO3. The second kappa shape index (κ2) is 6.26. The number of allylic oxidation sites excluding steroid dienone is 1. The molecule has 1 aliphatic carbocycles. The van der Waals surface area contributed by atoms with E-state index in [2.05, 4.69) is 0 Å². The first-order valence-corrected chi connectivity index (χ1v) is 8.17. The summed E-state index contributed by atoms with van der Waals surface area (Å²) in [6.07, 6.45) is 1.47. The van der Waals surface area contributed by atoms with Crippen molar-refractivity contribution in [2.24, 2.45) is 0 Å². The van der Waals surface area contributed by atoms with E-state index < -0.39 is 0 Å². The van der Waals surface area contributed by atoms with Gasteiger partial charge in [0.05, 0.1) is 24.5 Å². The molecule has 1 heterocycles. The van der Waals surface area contributed by atoms with Crippen LogP contribution in [0.5, 0.6) is 0 Å². The lowest BCUT2D eigenvalue weighted by Crippen LogP contribution is -2.36. The largest absolute Gasteiger partial charge is 0.378 e. The smallest absolute Gasteiger partial charge is 0.197 e. The summed E-state index contributed by atoms with van der Waals surface area (Å²) < 4.78 is 19.8. The zero-order valence-corrected chi connectivity index (χ0v) is 13.5. The molecule has 0 N–H and O–H groups in total. The molecule has 0 bridgehead atoms. The Morgan fingerprint density at radius 2 is 1.60 bits per heavy atom. The Labute approximate surface area is 144 Å². The molecule has 1 fully saturated rings. The SMILES string of the molecule is O=C1C(=Cc2ccc(N3CCOCC3)c(F)c2)C(=O)c2ccccc21. The van der Waals surface area contributed by atoms with E-state index in [4.69, 9.17) is 4.74 Å². The molecule has 0 spiro atoms. The average Bonchev–Trinajstić information content (AvgIpc) is 2.88. The van der Waals surface area contributed by atoms with E-state index in [9.17, 15) is 14.0 Å². The predicted molar refractivity (Wildman–Crippen MR) is 92.5 cm³/mol. The number of benzene rings is 2. The fraction of sp³-hybridized carbons (Fsp3) is 0.200. The van der Waals surface area contributed by atoms with Crippen LogP contribution in [0.25, 0.3) is 6.08 Å². The molecule has 4 nitrogen and oxygen atoms in total. The number of carbonyl (C=O) groups is 2. The molecule has 1 saturated heterocycles. The fourth-order valence-corrected chi connectivity index (χ4v) is 3.24. The number of ketones is 2. The number of ether oxygens (including phenoxy) is 1. The third-order valence-electron chi connectivity index (χ3n) is 4.54. The molecule has 0 aromatic heterocycles. The van der Waals surface area contributed by atoms with Gasteiger partial charge in [0.2, 0.25) is 0 Å². The first kappa shape index (κ1) is 15.7. The average molecular weight is 337 g/mol. The Kier molecular flexibility index (Phi) is 3.93. The van der Waals surface area contributed by atoms with Gasteiger partial charge < -0.3 is 9.64 Å². The molecule has 2 aliphatic rings. The Bertz CT molecular complexity index is 861. The normalized spacial score (nSPS) is 17.0. The van der Waals surface area contributed by atoms with Crippen molar-refractivity contribution in [1.82, 2.24) is 0 Å². The predicted octanol–water partition coefficient (Wildman–Crippen LogP) is 3.12. The number of Topliss-reactive ketones (excluding diaryl/α,β-unsaturated/α-hetero) is 2. The van der Waals surface area contributed by atoms with Gasteiger partial charge >= 0.3 is 0 Å². The number of hydrogen-bond acceptors (Lipinski definition) is 4. The van der Waals surface area contributed by atoms with Crippen LogP contribution in [0.2, 0.25) is 0 Å². The van der Waals surface area contributed by atoms with Crippen molar-refractivity contribution in [3.63, 3.8) is 0 Å². The molecular weight excluding hydrogens is 321 g/mol. The first-order chi connectivity index (χ1) is 12.1. The van der Waals surface area contributed by atoms with Gasteiger partial charge in [-0.1, -0.05) is 30.3 Å². The van der Waals surface area contributed by atoms with Gasteiger partial charge in [0.1, 0.15) is 5.82 Å². The maximum absolute atomic E-state index is 14.5. The van der Waals surface area contributed by atoms with E-state index in [1.807, 2.05) is 4.90 Å². The summed E-state index contributed by atoms with van der Waals surface area (Å²) in [4.78, 5) is 26.7. The second-order valence-electron chi connectivity index (χ2n) is 6.07. The Morgan fingerprint density at radius 1 is 0.960 bits per heavy atom. The second-order valence-corrected chi connectivity index (χ2v) is 6.07. The summed E-state index contributed by atoms with van der Waals surface area (Å²) in [5, 5.41) is 0. The lowest BCUT2D eigenvalue weighted by Gasteiger charge is -2.29. The van der Waals surface area contributed by atoms with E-state index in [-0.39, 0.29) is 23.0 Å². The lowest BCUT2D eigenvalue weighted by molar-refractivity contribution is 0.0990. The minimum absolute atomic E-state index is 0.0831. The number of anilines is 1. The Morgan fingerprint density at radius 3 is 2.20 bits per heavy atom. The molecule has 4 rings (SSSR count). The van der Waals surface area contributed by atoms with Crippen molar-refractivity contribution in [3.05, 3.63) is 70.5 Å². The highest BCUT2D eigenvalue weighted by molar-refractivity contribution is 6.41. The van der Waals surface area contributed by atoms with Crippen molar-refractivity contribution >= 4 is 23.3 Å². The highest BCUT2D eigenvalue weighted by Crippen LogP contribution is 2.29. The summed E-state index contributed by atoms with van der Waals surface area (Å²) in [7, 11) is 0. The Hall–Kier alpha value is -2.79. The monoisotopic (exact) mass is 337 g/mol. The van der Waals surface area contributed by atoms with Crippen molar-refractivity contribution in [1.29, 1.82) is 0 Å². The van der Waals surface area contributed by atoms with Gasteiger partial charge in [0, 0.05) is 24.2 Å². The standard InChI is InChI=1S/C20H16FNO3/c21-17-12-13(5-6-18(17)22-7-9-25-10-8-22)11-16-19(23)14-3-1-2-4-15(14)20(16)24/h1-6,11-12H,7-10H2. The fourth-order valence-electron chi connectivity index (χ4n) is 3.24. The number of fused-ring (bicyclic) bond motifs is 1. The van der Waals surface area contributed by atoms with Crippen molar-refractivity contribution in [2.45, 2.75) is 0 Å². The van der Waals surface area contributed by atoms with Gasteiger partial charge in [-0.25, -0.2) is 4.39 Å². The van der Waals surface area contributed by atoms with Crippen LogP contribution >= 0.6 is 0 Å². The molecule has 0 atom stereocenters. The quantitative estimate of drug-likeness (QED) is 0.624. The number of hydrogen-bond donors (Lipinski definition) is 0. The number of morpholine rings is 1. The molecule has 25 heavy (non-hydrogen) atoms. The van der Waals surface area contributed by atoms with Crippen LogP contribution < -0.4 is 4.90 Å². The maximum Gasteiger partial charge on any atom is 0.197 e. The van der Waals surface area contributed by atoms with Crippen molar-refractivity contribution in [2.75, 3.05) is 31.2 Å². The van der Waals surface area contributed by atoms with Gasteiger partial charge in [-0.2, -0.15) is 0 Å². The first-order valence-electron chi connectivity index (χ1n) is 8.17. The van der Waals surface area contributed by atoms with Crippen LogP contribution in [0.3, 0.4) is 0 Å². The van der Waals surface area contributed by atoms with Crippen LogP contribution in [0.1, 0.15) is 26.3 Å². The van der Waals surface area contributed by atoms with E-state index >= 15 is 0 Å². The van der Waals surface area contributed by atoms with E-state index in [0.717, 1.165) is 0 Å². The summed E-state index contributed by atoms with van der Waals surface area (Å²) in [6, 6.07) is 11.5. The molecule has 2 aromatic carbocycles. The zero-order chi connectivity index (χ0) is 17.4. The summed E-state index contributed by atoms with van der Waals surface area (Å²) in [6.45, 7) is 2.44.